The Balaban J connectivity index is 2.03. The summed E-state index contributed by atoms with van der Waals surface area (Å²) in [4.78, 5) is 26.7. The van der Waals surface area contributed by atoms with Crippen molar-refractivity contribution in [3.8, 4) is 22.6 Å². The molecule has 1 heterocycles. The molecule has 0 bridgehead atoms. The van der Waals surface area contributed by atoms with Gasteiger partial charge >= 0.3 is 5.97 Å². The summed E-state index contributed by atoms with van der Waals surface area (Å²) >= 11 is 1.40. The van der Waals surface area contributed by atoms with E-state index >= 15 is 0 Å². The maximum Gasteiger partial charge on any atom is 0.341 e. The second kappa shape index (κ2) is 9.98. The molecule has 1 aliphatic rings. The monoisotopic (exact) mass is 431 g/mol. The number of anilines is 1. The summed E-state index contributed by atoms with van der Waals surface area (Å²) in [6.07, 6.45) is 5.12. The number of hydrogen-bond acceptors (Lipinski definition) is 6. The molecule has 1 saturated carbocycles. The highest BCUT2D eigenvalue weighted by Gasteiger charge is 2.28. The first-order valence-electron chi connectivity index (χ1n) is 10.3. The zero-order chi connectivity index (χ0) is 21.7. The van der Waals surface area contributed by atoms with Gasteiger partial charge in [-0.05, 0) is 44.4 Å². The Morgan fingerprint density at radius 3 is 2.43 bits per heavy atom. The standard InChI is InChI=1S/C23H29NO5S/c1-5-29-23(26)20-19(16-11-12-17(27-3)18(13-16)28-4)14(2)30-22(20)24-21(25)15-9-7-6-8-10-15/h11-13,15H,5-10H2,1-4H3,(H,24,25). The number of ether oxygens (including phenoxy) is 3. The van der Waals surface area contributed by atoms with Gasteiger partial charge in [-0.3, -0.25) is 4.79 Å². The van der Waals surface area contributed by atoms with E-state index in [1.54, 1.807) is 27.2 Å². The van der Waals surface area contributed by atoms with E-state index in [1.165, 1.54) is 17.8 Å². The number of hydrogen-bond donors (Lipinski definition) is 1. The summed E-state index contributed by atoms with van der Waals surface area (Å²) < 4.78 is 16.1. The van der Waals surface area contributed by atoms with E-state index in [-0.39, 0.29) is 18.4 Å². The van der Waals surface area contributed by atoms with Crippen molar-refractivity contribution in [3.63, 3.8) is 0 Å². The smallest absolute Gasteiger partial charge is 0.341 e. The summed E-state index contributed by atoms with van der Waals surface area (Å²) in [5.74, 6) is 0.729. The Kier molecular flexibility index (Phi) is 7.37. The largest absolute Gasteiger partial charge is 0.493 e. The molecular weight excluding hydrogens is 402 g/mol. The van der Waals surface area contributed by atoms with E-state index in [0.29, 0.717) is 22.1 Å². The number of carbonyl (C=O) groups excluding carboxylic acids is 2. The fourth-order valence-corrected chi connectivity index (χ4v) is 5.02. The molecule has 7 heteroatoms. The maximum atomic E-state index is 12.9. The minimum atomic E-state index is -0.439. The van der Waals surface area contributed by atoms with Crippen molar-refractivity contribution < 1.29 is 23.8 Å². The van der Waals surface area contributed by atoms with Crippen LogP contribution in [0.1, 0.15) is 54.3 Å². The molecule has 0 spiro atoms. The lowest BCUT2D eigenvalue weighted by Gasteiger charge is -2.20. The Bertz CT molecular complexity index is 915. The summed E-state index contributed by atoms with van der Waals surface area (Å²) in [6, 6.07) is 5.52. The molecule has 0 radical (unpaired) electrons. The van der Waals surface area contributed by atoms with Gasteiger partial charge in [-0.15, -0.1) is 11.3 Å². The highest BCUT2D eigenvalue weighted by atomic mass is 32.1. The predicted molar refractivity (Wildman–Crippen MR) is 119 cm³/mol. The average Bonchev–Trinajstić information content (AvgIpc) is 3.09. The summed E-state index contributed by atoms with van der Waals surface area (Å²) in [7, 11) is 3.15. The number of thiophene rings is 1. The lowest BCUT2D eigenvalue weighted by molar-refractivity contribution is -0.120. The van der Waals surface area contributed by atoms with E-state index in [2.05, 4.69) is 5.32 Å². The first-order valence-corrected chi connectivity index (χ1v) is 11.2. The van der Waals surface area contributed by atoms with Gasteiger partial charge in [0.1, 0.15) is 10.6 Å². The number of methoxy groups -OCH3 is 2. The number of amides is 1. The number of esters is 1. The van der Waals surface area contributed by atoms with Crippen molar-refractivity contribution in [2.24, 2.45) is 5.92 Å². The number of nitrogens with one attached hydrogen (secondary N) is 1. The topological polar surface area (TPSA) is 73.9 Å². The molecular formula is C23H29NO5S. The second-order valence-corrected chi connectivity index (χ2v) is 8.58. The zero-order valence-corrected chi connectivity index (χ0v) is 18.8. The fraction of sp³-hybridized carbons (Fsp3) is 0.478. The third-order valence-electron chi connectivity index (χ3n) is 5.45. The van der Waals surface area contributed by atoms with E-state index < -0.39 is 5.97 Å². The van der Waals surface area contributed by atoms with Crippen molar-refractivity contribution in [3.05, 3.63) is 28.6 Å². The van der Waals surface area contributed by atoms with Crippen LogP contribution in [0.5, 0.6) is 11.5 Å². The van der Waals surface area contributed by atoms with Gasteiger partial charge < -0.3 is 19.5 Å². The average molecular weight is 432 g/mol. The first kappa shape index (κ1) is 22.2. The van der Waals surface area contributed by atoms with Crippen LogP contribution in [0.4, 0.5) is 5.00 Å². The number of rotatable bonds is 7. The molecule has 1 aliphatic carbocycles. The van der Waals surface area contributed by atoms with E-state index in [1.807, 2.05) is 19.1 Å². The van der Waals surface area contributed by atoms with E-state index in [4.69, 9.17) is 14.2 Å². The minimum Gasteiger partial charge on any atom is -0.493 e. The molecule has 1 aromatic carbocycles. The molecule has 6 nitrogen and oxygen atoms in total. The SMILES string of the molecule is CCOC(=O)c1c(NC(=O)C2CCCCC2)sc(C)c1-c1ccc(OC)c(OC)c1. The van der Waals surface area contributed by atoms with Crippen molar-refractivity contribution in [2.75, 3.05) is 26.1 Å². The first-order chi connectivity index (χ1) is 14.5. The molecule has 0 unspecified atom stereocenters. The second-order valence-electron chi connectivity index (χ2n) is 7.35. The number of carbonyl (C=O) groups is 2. The fourth-order valence-electron chi connectivity index (χ4n) is 3.95. The molecule has 3 rings (SSSR count). The zero-order valence-electron chi connectivity index (χ0n) is 18.0. The third-order valence-corrected chi connectivity index (χ3v) is 6.47. The van der Waals surface area contributed by atoms with Crippen LogP contribution in [0, 0.1) is 12.8 Å². The van der Waals surface area contributed by atoms with E-state index in [9.17, 15) is 9.59 Å². The Morgan fingerprint density at radius 1 is 1.10 bits per heavy atom. The van der Waals surface area contributed by atoms with Crippen molar-refractivity contribution >= 4 is 28.2 Å². The Morgan fingerprint density at radius 2 is 1.80 bits per heavy atom. The molecule has 1 amide bonds. The molecule has 0 atom stereocenters. The van der Waals surface area contributed by atoms with Gasteiger partial charge in [0.05, 0.1) is 20.8 Å². The number of benzene rings is 1. The van der Waals surface area contributed by atoms with Gasteiger partial charge in [-0.1, -0.05) is 25.3 Å². The summed E-state index contributed by atoms with van der Waals surface area (Å²) in [6.45, 7) is 3.97. The van der Waals surface area contributed by atoms with Crippen LogP contribution in [0.3, 0.4) is 0 Å². The van der Waals surface area contributed by atoms with Gasteiger partial charge in [0, 0.05) is 16.4 Å². The molecule has 1 N–H and O–H groups in total. The Labute approximate surface area is 181 Å². The lowest BCUT2D eigenvalue weighted by Crippen LogP contribution is -2.25. The van der Waals surface area contributed by atoms with Crippen LogP contribution in [-0.4, -0.2) is 32.7 Å². The summed E-state index contributed by atoms with van der Waals surface area (Å²) in [5, 5.41) is 3.57. The van der Waals surface area contributed by atoms with Crippen molar-refractivity contribution in [2.45, 2.75) is 46.0 Å². The quantitative estimate of drug-likeness (QED) is 0.591. The highest BCUT2D eigenvalue weighted by Crippen LogP contribution is 2.43. The van der Waals surface area contributed by atoms with E-state index in [0.717, 1.165) is 41.7 Å². The lowest BCUT2D eigenvalue weighted by atomic mass is 9.88. The van der Waals surface area contributed by atoms with Crippen LogP contribution in [0.25, 0.3) is 11.1 Å². The maximum absolute atomic E-state index is 12.9. The van der Waals surface area contributed by atoms with Crippen LogP contribution < -0.4 is 14.8 Å². The number of aryl methyl sites for hydroxylation is 1. The molecule has 2 aromatic rings. The molecule has 30 heavy (non-hydrogen) atoms. The van der Waals surface area contributed by atoms with Gasteiger partial charge in [-0.2, -0.15) is 0 Å². The van der Waals surface area contributed by atoms with Gasteiger partial charge in [-0.25, -0.2) is 4.79 Å². The van der Waals surface area contributed by atoms with Crippen LogP contribution in [0.15, 0.2) is 18.2 Å². The predicted octanol–water partition coefficient (Wildman–Crippen LogP) is 5.44. The van der Waals surface area contributed by atoms with Crippen LogP contribution >= 0.6 is 11.3 Å². The molecule has 0 saturated heterocycles. The Hall–Kier alpha value is -2.54. The normalized spacial score (nSPS) is 14.3. The molecule has 0 aliphatic heterocycles. The van der Waals surface area contributed by atoms with Crippen molar-refractivity contribution in [1.82, 2.24) is 0 Å². The van der Waals surface area contributed by atoms with Crippen molar-refractivity contribution in [1.29, 1.82) is 0 Å². The van der Waals surface area contributed by atoms with Crippen LogP contribution in [-0.2, 0) is 9.53 Å². The highest BCUT2D eigenvalue weighted by molar-refractivity contribution is 7.17. The third kappa shape index (κ3) is 4.61. The van der Waals surface area contributed by atoms with Gasteiger partial charge in [0.15, 0.2) is 11.5 Å². The van der Waals surface area contributed by atoms with Crippen LogP contribution in [0.2, 0.25) is 0 Å². The molecule has 1 fully saturated rings. The van der Waals surface area contributed by atoms with Gasteiger partial charge in [0.25, 0.3) is 0 Å². The van der Waals surface area contributed by atoms with Gasteiger partial charge in [0.2, 0.25) is 5.91 Å². The minimum absolute atomic E-state index is 0.000678. The summed E-state index contributed by atoms with van der Waals surface area (Å²) in [5.41, 5.74) is 1.96. The molecule has 1 aromatic heterocycles. The molecule has 162 valence electrons.